The minimum atomic E-state index is -3.73. The molecule has 0 radical (unpaired) electrons. The van der Waals surface area contributed by atoms with E-state index in [-0.39, 0.29) is 15.8 Å². The van der Waals surface area contributed by atoms with Crippen molar-refractivity contribution < 1.29 is 27.5 Å². The zero-order chi connectivity index (χ0) is 23.9. The van der Waals surface area contributed by atoms with Crippen LogP contribution in [0.1, 0.15) is 36.0 Å². The molecule has 2 aromatic heterocycles. The second kappa shape index (κ2) is 8.73. The van der Waals surface area contributed by atoms with Gasteiger partial charge in [-0.2, -0.15) is 4.31 Å². The molecular formula is C25H24N2O6S. The first-order valence-corrected chi connectivity index (χ1v) is 12.6. The number of aromatic nitrogens is 1. The molecule has 0 aliphatic carbocycles. The van der Waals surface area contributed by atoms with Gasteiger partial charge in [0, 0.05) is 23.9 Å². The highest BCUT2D eigenvalue weighted by molar-refractivity contribution is 7.89. The molecular weight excluding hydrogens is 456 g/mol. The molecule has 1 fully saturated rings. The van der Waals surface area contributed by atoms with Crippen molar-refractivity contribution in [1.82, 2.24) is 9.29 Å². The van der Waals surface area contributed by atoms with E-state index in [0.29, 0.717) is 41.4 Å². The maximum atomic E-state index is 13.2. The summed E-state index contributed by atoms with van der Waals surface area (Å²) in [6.07, 6.45) is 3.65. The number of hydrogen-bond donors (Lipinski definition) is 1. The molecule has 8 nitrogen and oxygen atoms in total. The number of para-hydroxylation sites is 1. The molecule has 34 heavy (non-hydrogen) atoms. The van der Waals surface area contributed by atoms with Crippen molar-refractivity contribution in [2.75, 3.05) is 20.2 Å². The summed E-state index contributed by atoms with van der Waals surface area (Å²) in [5, 5.41) is 11.0. The standard InChI is InChI=1S/C25H24N2O6S/c1-32-22-8-6-7-16-13-23(33-24(16)22)21-15-19(25(28)29)18-14-17(9-10-20(18)26-21)34(30,31)27-11-4-2-3-5-12-27/h6-10,13-15H,2-5,11-12H2,1H3,(H,28,29). The molecule has 0 amide bonds. The summed E-state index contributed by atoms with van der Waals surface area (Å²) in [5.74, 6) is -0.219. The van der Waals surface area contributed by atoms with Gasteiger partial charge in [-0.25, -0.2) is 18.2 Å². The molecule has 1 N–H and O–H groups in total. The number of methoxy groups -OCH3 is 1. The van der Waals surface area contributed by atoms with Crippen molar-refractivity contribution in [3.05, 3.63) is 54.1 Å². The van der Waals surface area contributed by atoms with Crippen LogP contribution in [-0.4, -0.2) is 49.0 Å². The number of hydrogen-bond acceptors (Lipinski definition) is 6. The van der Waals surface area contributed by atoms with Gasteiger partial charge in [0.1, 0.15) is 5.69 Å². The van der Waals surface area contributed by atoms with Gasteiger partial charge < -0.3 is 14.3 Å². The Labute approximate surface area is 196 Å². The maximum Gasteiger partial charge on any atom is 0.336 e. The van der Waals surface area contributed by atoms with Gasteiger partial charge in [0.25, 0.3) is 0 Å². The summed E-state index contributed by atoms with van der Waals surface area (Å²) < 4.78 is 39.3. The average molecular weight is 481 g/mol. The Morgan fingerprint density at radius 1 is 1.06 bits per heavy atom. The second-order valence-corrected chi connectivity index (χ2v) is 10.3. The molecule has 0 unspecified atom stereocenters. The summed E-state index contributed by atoms with van der Waals surface area (Å²) in [6, 6.07) is 13.1. The Kier molecular flexibility index (Phi) is 5.75. The number of sulfonamides is 1. The Hall–Kier alpha value is -3.43. The lowest BCUT2D eigenvalue weighted by Gasteiger charge is -2.20. The Morgan fingerprint density at radius 3 is 2.53 bits per heavy atom. The average Bonchev–Trinajstić information content (AvgIpc) is 3.08. The topological polar surface area (TPSA) is 110 Å². The van der Waals surface area contributed by atoms with Crippen LogP contribution in [-0.2, 0) is 10.0 Å². The zero-order valence-corrected chi connectivity index (χ0v) is 19.5. The number of ether oxygens (including phenoxy) is 1. The fourth-order valence-electron chi connectivity index (χ4n) is 4.42. The van der Waals surface area contributed by atoms with Crippen LogP contribution in [0.2, 0.25) is 0 Å². The predicted octanol–water partition coefficient (Wildman–Crippen LogP) is 4.92. The largest absolute Gasteiger partial charge is 0.493 e. The number of pyridine rings is 1. The highest BCUT2D eigenvalue weighted by Gasteiger charge is 2.26. The first-order chi connectivity index (χ1) is 16.4. The monoisotopic (exact) mass is 480 g/mol. The van der Waals surface area contributed by atoms with Crippen LogP contribution >= 0.6 is 0 Å². The quantitative estimate of drug-likeness (QED) is 0.432. The lowest BCUT2D eigenvalue weighted by atomic mass is 10.1. The zero-order valence-electron chi connectivity index (χ0n) is 18.7. The fraction of sp³-hybridized carbons (Fsp3) is 0.280. The Morgan fingerprint density at radius 2 is 1.82 bits per heavy atom. The molecule has 9 heteroatoms. The molecule has 0 spiro atoms. The van der Waals surface area contributed by atoms with Gasteiger partial charge in [-0.15, -0.1) is 0 Å². The molecule has 1 aliphatic rings. The number of nitrogens with zero attached hydrogens (tertiary/aromatic N) is 2. The van der Waals surface area contributed by atoms with Gasteiger partial charge in [0.05, 0.1) is 23.1 Å². The maximum absolute atomic E-state index is 13.2. The van der Waals surface area contributed by atoms with E-state index in [1.807, 2.05) is 12.1 Å². The lowest BCUT2D eigenvalue weighted by molar-refractivity contribution is 0.0699. The van der Waals surface area contributed by atoms with Crippen molar-refractivity contribution in [3.63, 3.8) is 0 Å². The van der Waals surface area contributed by atoms with Crippen LogP contribution in [0.4, 0.5) is 0 Å². The van der Waals surface area contributed by atoms with Crippen LogP contribution in [0.3, 0.4) is 0 Å². The molecule has 1 saturated heterocycles. The van der Waals surface area contributed by atoms with Gasteiger partial charge in [0.15, 0.2) is 17.1 Å². The molecule has 0 bridgehead atoms. The highest BCUT2D eigenvalue weighted by atomic mass is 32.2. The van der Waals surface area contributed by atoms with E-state index < -0.39 is 16.0 Å². The first-order valence-electron chi connectivity index (χ1n) is 11.1. The van der Waals surface area contributed by atoms with E-state index in [1.54, 1.807) is 25.3 Å². The van der Waals surface area contributed by atoms with E-state index >= 15 is 0 Å². The van der Waals surface area contributed by atoms with Gasteiger partial charge in [-0.05, 0) is 49.2 Å². The van der Waals surface area contributed by atoms with Crippen molar-refractivity contribution in [1.29, 1.82) is 0 Å². The third kappa shape index (κ3) is 3.91. The third-order valence-corrected chi connectivity index (χ3v) is 8.09. The van der Waals surface area contributed by atoms with Crippen LogP contribution in [0.25, 0.3) is 33.3 Å². The van der Waals surface area contributed by atoms with Gasteiger partial charge >= 0.3 is 5.97 Å². The summed E-state index contributed by atoms with van der Waals surface area (Å²) in [4.78, 5) is 16.8. The van der Waals surface area contributed by atoms with E-state index in [2.05, 4.69) is 4.98 Å². The van der Waals surface area contributed by atoms with Gasteiger partial charge in [0.2, 0.25) is 10.0 Å². The molecule has 5 rings (SSSR count). The van der Waals surface area contributed by atoms with E-state index in [0.717, 1.165) is 31.1 Å². The number of aromatic carboxylic acids is 1. The van der Waals surface area contributed by atoms with E-state index in [1.165, 1.54) is 22.5 Å². The molecule has 4 aromatic rings. The molecule has 2 aromatic carbocycles. The smallest absolute Gasteiger partial charge is 0.336 e. The van der Waals surface area contributed by atoms with Crippen LogP contribution < -0.4 is 4.74 Å². The molecule has 0 saturated carbocycles. The number of fused-ring (bicyclic) bond motifs is 2. The van der Waals surface area contributed by atoms with Crippen molar-refractivity contribution >= 4 is 37.9 Å². The third-order valence-electron chi connectivity index (χ3n) is 6.19. The Balaban J connectivity index is 1.62. The highest BCUT2D eigenvalue weighted by Crippen LogP contribution is 2.34. The fourth-order valence-corrected chi connectivity index (χ4v) is 5.97. The van der Waals surface area contributed by atoms with E-state index in [9.17, 15) is 18.3 Å². The van der Waals surface area contributed by atoms with Crippen LogP contribution in [0.15, 0.2) is 57.8 Å². The summed E-state index contributed by atoms with van der Waals surface area (Å²) in [5.41, 5.74) is 1.21. The van der Waals surface area contributed by atoms with E-state index in [4.69, 9.17) is 9.15 Å². The number of carboxylic acids is 1. The SMILES string of the molecule is COc1cccc2cc(-c3cc(C(=O)O)c4cc(S(=O)(=O)N5CCCCCC5)ccc4n3)oc12. The molecule has 3 heterocycles. The number of benzene rings is 2. The van der Waals surface area contributed by atoms with Crippen molar-refractivity contribution in [2.24, 2.45) is 0 Å². The Bertz CT molecular complexity index is 1500. The summed E-state index contributed by atoms with van der Waals surface area (Å²) in [6.45, 7) is 0.942. The summed E-state index contributed by atoms with van der Waals surface area (Å²) in [7, 11) is -2.18. The second-order valence-electron chi connectivity index (χ2n) is 8.35. The minimum Gasteiger partial charge on any atom is -0.493 e. The van der Waals surface area contributed by atoms with Crippen LogP contribution in [0, 0.1) is 0 Å². The minimum absolute atomic E-state index is 0.0414. The van der Waals surface area contributed by atoms with Gasteiger partial charge in [-0.3, -0.25) is 0 Å². The number of carboxylic acid groups (broad SMARTS) is 1. The normalized spacial score (nSPS) is 15.4. The number of furan rings is 1. The number of carbonyl (C=O) groups is 1. The van der Waals surface area contributed by atoms with Gasteiger partial charge in [-0.1, -0.05) is 25.0 Å². The molecule has 0 atom stereocenters. The van der Waals surface area contributed by atoms with Crippen molar-refractivity contribution in [3.8, 4) is 17.2 Å². The van der Waals surface area contributed by atoms with Crippen LogP contribution in [0.5, 0.6) is 5.75 Å². The summed E-state index contributed by atoms with van der Waals surface area (Å²) >= 11 is 0. The molecule has 176 valence electrons. The molecule has 1 aliphatic heterocycles. The van der Waals surface area contributed by atoms with Crippen molar-refractivity contribution in [2.45, 2.75) is 30.6 Å². The number of rotatable bonds is 5. The first kappa shape index (κ1) is 22.4. The predicted molar refractivity (Wildman–Crippen MR) is 128 cm³/mol. The lowest BCUT2D eigenvalue weighted by Crippen LogP contribution is -2.31.